The number of hydrogen-bond donors (Lipinski definition) is 1. The van der Waals surface area contributed by atoms with Crippen molar-refractivity contribution in [1.29, 1.82) is 0 Å². The van der Waals surface area contributed by atoms with Crippen molar-refractivity contribution in [3.05, 3.63) is 29.3 Å². The largest absolute Gasteiger partial charge is 0.376 e. The highest BCUT2D eigenvalue weighted by Crippen LogP contribution is 2.22. The Labute approximate surface area is 134 Å². The number of hydrogen-bond acceptors (Lipinski definition) is 3. The van der Waals surface area contributed by atoms with Gasteiger partial charge in [-0.05, 0) is 30.5 Å². The van der Waals surface area contributed by atoms with Crippen molar-refractivity contribution in [1.82, 2.24) is 9.80 Å². The van der Waals surface area contributed by atoms with E-state index in [0.29, 0.717) is 6.54 Å². The van der Waals surface area contributed by atoms with E-state index in [2.05, 4.69) is 49.2 Å². The van der Waals surface area contributed by atoms with Crippen LogP contribution in [0.25, 0.3) is 0 Å². The van der Waals surface area contributed by atoms with Gasteiger partial charge >= 0.3 is 0 Å². The third-order valence-electron chi connectivity index (χ3n) is 4.59. The summed E-state index contributed by atoms with van der Waals surface area (Å²) in [5.74, 6) is 0.212. The molecule has 22 heavy (non-hydrogen) atoms. The summed E-state index contributed by atoms with van der Waals surface area (Å²) in [7, 11) is 0. The van der Waals surface area contributed by atoms with Gasteiger partial charge in [-0.25, -0.2) is 0 Å². The molecule has 4 nitrogen and oxygen atoms in total. The number of piperazine rings is 1. The van der Waals surface area contributed by atoms with Crippen molar-refractivity contribution in [2.24, 2.45) is 0 Å². The number of para-hydroxylation sites is 1. The minimum atomic E-state index is 0.212. The van der Waals surface area contributed by atoms with E-state index in [4.69, 9.17) is 0 Å². The summed E-state index contributed by atoms with van der Waals surface area (Å²) in [6.07, 6.45) is 1.97. The number of benzene rings is 1. The van der Waals surface area contributed by atoms with Crippen LogP contribution >= 0.6 is 0 Å². The molecule has 1 fully saturated rings. The summed E-state index contributed by atoms with van der Waals surface area (Å²) in [6, 6.07) is 6.40. The highest BCUT2D eigenvalue weighted by molar-refractivity contribution is 5.81. The summed E-state index contributed by atoms with van der Waals surface area (Å²) in [6.45, 7) is 11.7. The van der Waals surface area contributed by atoms with Crippen LogP contribution in [-0.2, 0) is 17.6 Å². The first-order valence-electron chi connectivity index (χ1n) is 8.54. The lowest BCUT2D eigenvalue weighted by molar-refractivity contribution is -0.131. The number of amides is 1. The maximum atomic E-state index is 12.4. The first kappa shape index (κ1) is 16.8. The Balaban J connectivity index is 1.94. The quantitative estimate of drug-likeness (QED) is 0.876. The summed E-state index contributed by atoms with van der Waals surface area (Å²) in [5, 5.41) is 3.40. The zero-order chi connectivity index (χ0) is 15.9. The minimum Gasteiger partial charge on any atom is -0.376 e. The van der Waals surface area contributed by atoms with Gasteiger partial charge in [-0.3, -0.25) is 4.79 Å². The molecule has 1 amide bonds. The van der Waals surface area contributed by atoms with Gasteiger partial charge in [-0.15, -0.1) is 0 Å². The standard InChI is InChI=1S/C18H29N3O/c1-4-15-8-7-9-16(5-2)18(15)19-14-17(22)21-12-10-20(6-3)11-13-21/h7-9,19H,4-6,10-14H2,1-3H3. The second kappa shape index (κ2) is 8.18. The number of aryl methyl sites for hydroxylation is 2. The summed E-state index contributed by atoms with van der Waals surface area (Å²) in [5.41, 5.74) is 3.75. The van der Waals surface area contributed by atoms with E-state index in [1.54, 1.807) is 0 Å². The van der Waals surface area contributed by atoms with Crippen molar-refractivity contribution in [2.75, 3.05) is 44.6 Å². The molecule has 1 N–H and O–H groups in total. The molecule has 1 heterocycles. The molecule has 2 rings (SSSR count). The molecule has 0 aliphatic carbocycles. The fourth-order valence-corrected chi connectivity index (χ4v) is 3.06. The first-order valence-corrected chi connectivity index (χ1v) is 8.54. The highest BCUT2D eigenvalue weighted by atomic mass is 16.2. The Hall–Kier alpha value is -1.55. The molecule has 122 valence electrons. The van der Waals surface area contributed by atoms with Gasteiger partial charge in [0.25, 0.3) is 0 Å². The number of carbonyl (C=O) groups is 1. The van der Waals surface area contributed by atoms with Crippen molar-refractivity contribution in [2.45, 2.75) is 33.6 Å². The lowest BCUT2D eigenvalue weighted by Gasteiger charge is -2.34. The number of nitrogens with zero attached hydrogens (tertiary/aromatic N) is 2. The SMILES string of the molecule is CCc1cccc(CC)c1NCC(=O)N1CCN(CC)CC1. The smallest absolute Gasteiger partial charge is 0.241 e. The molecular weight excluding hydrogens is 274 g/mol. The van der Waals surface area contributed by atoms with Crippen LogP contribution in [0.2, 0.25) is 0 Å². The van der Waals surface area contributed by atoms with Crippen molar-refractivity contribution >= 4 is 11.6 Å². The maximum Gasteiger partial charge on any atom is 0.241 e. The fourth-order valence-electron chi connectivity index (χ4n) is 3.06. The van der Waals surface area contributed by atoms with Crippen LogP contribution in [0.3, 0.4) is 0 Å². The Kier molecular flexibility index (Phi) is 6.25. The predicted octanol–water partition coefficient (Wildman–Crippen LogP) is 2.39. The summed E-state index contributed by atoms with van der Waals surface area (Å²) in [4.78, 5) is 16.8. The van der Waals surface area contributed by atoms with Gasteiger partial charge in [-0.1, -0.05) is 39.0 Å². The Morgan fingerprint density at radius 2 is 1.64 bits per heavy atom. The van der Waals surface area contributed by atoms with E-state index in [-0.39, 0.29) is 5.91 Å². The van der Waals surface area contributed by atoms with Crippen molar-refractivity contribution < 1.29 is 4.79 Å². The van der Waals surface area contributed by atoms with Crippen LogP contribution in [0.4, 0.5) is 5.69 Å². The van der Waals surface area contributed by atoms with E-state index >= 15 is 0 Å². The van der Waals surface area contributed by atoms with Crippen molar-refractivity contribution in [3.8, 4) is 0 Å². The van der Waals surface area contributed by atoms with Gasteiger partial charge in [-0.2, -0.15) is 0 Å². The molecule has 0 radical (unpaired) electrons. The summed E-state index contributed by atoms with van der Waals surface area (Å²) >= 11 is 0. The zero-order valence-corrected chi connectivity index (χ0v) is 14.2. The van der Waals surface area contributed by atoms with Crippen LogP contribution in [0.15, 0.2) is 18.2 Å². The topological polar surface area (TPSA) is 35.6 Å². The molecule has 1 aliphatic heterocycles. The van der Waals surface area contributed by atoms with Crippen LogP contribution in [0.1, 0.15) is 31.9 Å². The average Bonchev–Trinajstić information content (AvgIpc) is 2.59. The zero-order valence-electron chi connectivity index (χ0n) is 14.2. The van der Waals surface area contributed by atoms with Gasteiger partial charge in [0.05, 0.1) is 6.54 Å². The van der Waals surface area contributed by atoms with Gasteiger partial charge in [0, 0.05) is 31.9 Å². The van der Waals surface area contributed by atoms with E-state index in [1.165, 1.54) is 11.1 Å². The van der Waals surface area contributed by atoms with Gasteiger partial charge < -0.3 is 15.1 Å². The molecule has 1 saturated heterocycles. The third kappa shape index (κ3) is 4.01. The molecule has 0 unspecified atom stereocenters. The molecule has 0 bridgehead atoms. The molecule has 4 heteroatoms. The minimum absolute atomic E-state index is 0.212. The maximum absolute atomic E-state index is 12.4. The number of anilines is 1. The molecule has 0 atom stereocenters. The van der Waals surface area contributed by atoms with E-state index < -0.39 is 0 Å². The Morgan fingerprint density at radius 1 is 1.05 bits per heavy atom. The number of nitrogens with one attached hydrogen (secondary N) is 1. The van der Waals surface area contributed by atoms with Gasteiger partial charge in [0.2, 0.25) is 5.91 Å². The van der Waals surface area contributed by atoms with Crippen LogP contribution in [0.5, 0.6) is 0 Å². The molecule has 0 aromatic heterocycles. The number of carbonyl (C=O) groups excluding carboxylic acids is 1. The molecule has 0 spiro atoms. The predicted molar refractivity (Wildman–Crippen MR) is 92.4 cm³/mol. The molecule has 0 saturated carbocycles. The van der Waals surface area contributed by atoms with Gasteiger partial charge in [0.1, 0.15) is 0 Å². The number of likely N-dealkylation sites (N-methyl/N-ethyl adjacent to an activating group) is 1. The van der Waals surface area contributed by atoms with Crippen molar-refractivity contribution in [3.63, 3.8) is 0 Å². The lowest BCUT2D eigenvalue weighted by Crippen LogP contribution is -2.49. The second-order valence-corrected chi connectivity index (χ2v) is 5.83. The van der Waals surface area contributed by atoms with Crippen LogP contribution in [0, 0.1) is 0 Å². The summed E-state index contributed by atoms with van der Waals surface area (Å²) < 4.78 is 0. The first-order chi connectivity index (χ1) is 10.7. The number of rotatable bonds is 6. The molecular formula is C18H29N3O. The third-order valence-corrected chi connectivity index (χ3v) is 4.59. The van der Waals surface area contributed by atoms with Crippen LogP contribution in [-0.4, -0.2) is 55.0 Å². The highest BCUT2D eigenvalue weighted by Gasteiger charge is 2.20. The van der Waals surface area contributed by atoms with E-state index in [1.807, 2.05) is 4.90 Å². The molecule has 1 aliphatic rings. The monoisotopic (exact) mass is 303 g/mol. The molecule has 1 aromatic rings. The normalized spacial score (nSPS) is 15.9. The van der Waals surface area contributed by atoms with E-state index in [9.17, 15) is 4.79 Å². The van der Waals surface area contributed by atoms with Gasteiger partial charge in [0.15, 0.2) is 0 Å². The Morgan fingerprint density at radius 3 is 2.14 bits per heavy atom. The second-order valence-electron chi connectivity index (χ2n) is 5.83. The molecule has 1 aromatic carbocycles. The lowest BCUT2D eigenvalue weighted by atomic mass is 10.0. The Bertz CT molecular complexity index is 471. The average molecular weight is 303 g/mol. The fraction of sp³-hybridized carbons (Fsp3) is 0.611. The van der Waals surface area contributed by atoms with E-state index in [0.717, 1.165) is 51.3 Å². The van der Waals surface area contributed by atoms with Crippen LogP contribution < -0.4 is 5.32 Å².